The third kappa shape index (κ3) is 5.85. The van der Waals surface area contributed by atoms with Gasteiger partial charge in [-0.3, -0.25) is 4.90 Å². The molecule has 4 aromatic rings. The van der Waals surface area contributed by atoms with Crippen molar-refractivity contribution in [2.75, 3.05) is 44.2 Å². The first-order valence-electron chi connectivity index (χ1n) is 11.0. The molecular formula is C24H25Cl3N4O4. The smallest absolute Gasteiger partial charge is 0.283 e. The van der Waals surface area contributed by atoms with Crippen LogP contribution in [-0.4, -0.2) is 65.6 Å². The number of aliphatic hydroxyl groups is 1. The number of piperazine rings is 1. The SMILES string of the molecule is Cc1nnc(-c2cc3c(OC[C@@H](O)CN4CCN(c5ccc(Cl)c(Cl)c5)CC4)cccc3o2)o1.Cl. The van der Waals surface area contributed by atoms with E-state index in [2.05, 4.69) is 20.0 Å². The molecule has 0 amide bonds. The van der Waals surface area contributed by atoms with Crippen molar-refractivity contribution in [2.45, 2.75) is 13.0 Å². The molecule has 1 N–H and O–H groups in total. The summed E-state index contributed by atoms with van der Waals surface area (Å²) < 4.78 is 17.2. The Morgan fingerprint density at radius 3 is 2.54 bits per heavy atom. The maximum absolute atomic E-state index is 10.6. The molecule has 5 rings (SSSR count). The summed E-state index contributed by atoms with van der Waals surface area (Å²) in [6, 6.07) is 13.0. The second-order valence-electron chi connectivity index (χ2n) is 8.26. The largest absolute Gasteiger partial charge is 0.490 e. The van der Waals surface area contributed by atoms with Crippen molar-refractivity contribution >= 4 is 52.3 Å². The number of aromatic nitrogens is 2. The van der Waals surface area contributed by atoms with Gasteiger partial charge in [0.15, 0.2) is 5.76 Å². The molecular weight excluding hydrogens is 515 g/mol. The van der Waals surface area contributed by atoms with E-state index in [0.717, 1.165) is 37.3 Å². The van der Waals surface area contributed by atoms with Crippen molar-refractivity contribution < 1.29 is 18.7 Å². The Kier molecular flexibility index (Phi) is 8.09. The summed E-state index contributed by atoms with van der Waals surface area (Å²) in [5.41, 5.74) is 1.71. The van der Waals surface area contributed by atoms with Crippen LogP contribution in [0.3, 0.4) is 0 Å². The lowest BCUT2D eigenvalue weighted by molar-refractivity contribution is 0.0668. The Hall–Kier alpha value is -2.49. The van der Waals surface area contributed by atoms with E-state index in [1.165, 1.54) is 0 Å². The summed E-state index contributed by atoms with van der Waals surface area (Å²) in [7, 11) is 0. The number of aryl methyl sites for hydroxylation is 1. The molecule has 0 spiro atoms. The van der Waals surface area contributed by atoms with E-state index in [1.54, 1.807) is 6.92 Å². The molecule has 0 saturated carbocycles. The molecule has 2 aromatic heterocycles. The average Bonchev–Trinajstić information content (AvgIpc) is 3.46. The van der Waals surface area contributed by atoms with Gasteiger partial charge in [-0.1, -0.05) is 29.3 Å². The van der Waals surface area contributed by atoms with Crippen LogP contribution in [0.2, 0.25) is 10.0 Å². The molecule has 186 valence electrons. The predicted molar refractivity (Wildman–Crippen MR) is 138 cm³/mol. The van der Waals surface area contributed by atoms with Crippen LogP contribution in [0.4, 0.5) is 5.69 Å². The van der Waals surface area contributed by atoms with E-state index in [0.29, 0.717) is 45.5 Å². The van der Waals surface area contributed by atoms with Crippen LogP contribution in [0.15, 0.2) is 51.3 Å². The van der Waals surface area contributed by atoms with Gasteiger partial charge in [0.25, 0.3) is 5.89 Å². The van der Waals surface area contributed by atoms with Gasteiger partial charge in [0.2, 0.25) is 5.89 Å². The van der Waals surface area contributed by atoms with E-state index in [4.69, 9.17) is 36.8 Å². The number of hydrogen-bond donors (Lipinski definition) is 1. The number of nitrogens with zero attached hydrogens (tertiary/aromatic N) is 4. The highest BCUT2D eigenvalue weighted by Crippen LogP contribution is 2.33. The zero-order valence-corrected chi connectivity index (χ0v) is 21.3. The lowest BCUT2D eigenvalue weighted by Crippen LogP contribution is -2.49. The van der Waals surface area contributed by atoms with Gasteiger partial charge in [0.1, 0.15) is 24.0 Å². The third-order valence-corrected chi connectivity index (χ3v) is 6.54. The van der Waals surface area contributed by atoms with Gasteiger partial charge in [-0.15, -0.1) is 22.6 Å². The predicted octanol–water partition coefficient (Wildman–Crippen LogP) is 5.08. The second-order valence-corrected chi connectivity index (χ2v) is 9.07. The fourth-order valence-corrected chi connectivity index (χ4v) is 4.36. The molecule has 1 aliphatic rings. The number of furan rings is 1. The highest BCUT2D eigenvalue weighted by molar-refractivity contribution is 6.42. The second kappa shape index (κ2) is 11.1. The fourth-order valence-electron chi connectivity index (χ4n) is 4.07. The maximum Gasteiger partial charge on any atom is 0.283 e. The number of benzene rings is 2. The van der Waals surface area contributed by atoms with Crippen molar-refractivity contribution in [3.8, 4) is 17.4 Å². The number of ether oxygens (including phenoxy) is 1. The van der Waals surface area contributed by atoms with Crippen LogP contribution in [-0.2, 0) is 0 Å². The van der Waals surface area contributed by atoms with Crippen molar-refractivity contribution in [2.24, 2.45) is 0 Å². The Morgan fingerprint density at radius 1 is 1.03 bits per heavy atom. The number of halogens is 3. The monoisotopic (exact) mass is 538 g/mol. The zero-order chi connectivity index (χ0) is 23.7. The van der Waals surface area contributed by atoms with Gasteiger partial charge >= 0.3 is 0 Å². The van der Waals surface area contributed by atoms with Crippen molar-refractivity contribution in [1.82, 2.24) is 15.1 Å². The summed E-state index contributed by atoms with van der Waals surface area (Å²) in [5.74, 6) is 1.90. The first-order valence-corrected chi connectivity index (χ1v) is 11.8. The zero-order valence-electron chi connectivity index (χ0n) is 19.0. The molecule has 0 aliphatic carbocycles. The van der Waals surface area contributed by atoms with E-state index >= 15 is 0 Å². The molecule has 11 heteroatoms. The van der Waals surface area contributed by atoms with Crippen molar-refractivity contribution in [3.63, 3.8) is 0 Å². The molecule has 0 bridgehead atoms. The Balaban J connectivity index is 0.00000289. The third-order valence-electron chi connectivity index (χ3n) is 5.80. The van der Waals surface area contributed by atoms with Crippen LogP contribution in [0.5, 0.6) is 5.75 Å². The van der Waals surface area contributed by atoms with Gasteiger partial charge < -0.3 is 23.6 Å². The van der Waals surface area contributed by atoms with E-state index in [9.17, 15) is 5.11 Å². The Labute approximate surface area is 218 Å². The highest BCUT2D eigenvalue weighted by atomic mass is 35.5. The van der Waals surface area contributed by atoms with Crippen molar-refractivity contribution in [3.05, 3.63) is 58.4 Å². The molecule has 1 fully saturated rings. The van der Waals surface area contributed by atoms with Gasteiger partial charge in [0.05, 0.1) is 15.4 Å². The molecule has 0 radical (unpaired) electrons. The molecule has 1 aliphatic heterocycles. The normalized spacial score (nSPS) is 15.3. The van der Waals surface area contributed by atoms with Gasteiger partial charge in [-0.05, 0) is 30.3 Å². The average molecular weight is 540 g/mol. The lowest BCUT2D eigenvalue weighted by Gasteiger charge is -2.37. The first kappa shape index (κ1) is 25.6. The van der Waals surface area contributed by atoms with Crippen LogP contribution in [0.25, 0.3) is 22.6 Å². The van der Waals surface area contributed by atoms with E-state index in [1.807, 2.05) is 42.5 Å². The summed E-state index contributed by atoms with van der Waals surface area (Å²) in [4.78, 5) is 4.50. The van der Waals surface area contributed by atoms with Gasteiger partial charge in [0, 0.05) is 51.4 Å². The van der Waals surface area contributed by atoms with E-state index in [-0.39, 0.29) is 19.0 Å². The number of fused-ring (bicyclic) bond motifs is 1. The lowest BCUT2D eigenvalue weighted by atomic mass is 10.2. The maximum atomic E-state index is 10.6. The molecule has 1 atom stereocenters. The van der Waals surface area contributed by atoms with Crippen LogP contribution in [0, 0.1) is 6.92 Å². The molecule has 8 nitrogen and oxygen atoms in total. The van der Waals surface area contributed by atoms with Gasteiger partial charge in [-0.2, -0.15) is 0 Å². The van der Waals surface area contributed by atoms with Gasteiger partial charge in [-0.25, -0.2) is 0 Å². The number of β-amino-alcohol motifs (C(OH)–C–C–N with tert-alkyl or cyclic N) is 1. The Bertz CT molecular complexity index is 1290. The minimum atomic E-state index is -0.628. The summed E-state index contributed by atoms with van der Waals surface area (Å²) in [5, 5.41) is 20.3. The highest BCUT2D eigenvalue weighted by Gasteiger charge is 2.21. The van der Waals surface area contributed by atoms with E-state index < -0.39 is 6.10 Å². The summed E-state index contributed by atoms with van der Waals surface area (Å²) in [6.07, 6.45) is -0.628. The number of rotatable bonds is 7. The number of hydrogen-bond acceptors (Lipinski definition) is 8. The van der Waals surface area contributed by atoms with Crippen molar-refractivity contribution in [1.29, 1.82) is 0 Å². The quantitative estimate of drug-likeness (QED) is 0.348. The topological polar surface area (TPSA) is 88.0 Å². The standard InChI is InChI=1S/C24H24Cl2N4O4.ClH/c1-15-27-28-24(33-15)23-12-18-21(3-2-4-22(18)34-23)32-14-17(31)13-29-7-9-30(10-8-29)16-5-6-19(25)20(26)11-16;/h2-6,11-12,17,31H,7-10,13-14H2,1H3;1H/t17-;/m0./s1. The molecule has 35 heavy (non-hydrogen) atoms. The van der Waals surface area contributed by atoms with Crippen LogP contribution >= 0.6 is 35.6 Å². The molecule has 0 unspecified atom stereocenters. The van der Waals surface area contributed by atoms with Crippen LogP contribution < -0.4 is 9.64 Å². The van der Waals surface area contributed by atoms with Crippen LogP contribution in [0.1, 0.15) is 5.89 Å². The summed E-state index contributed by atoms with van der Waals surface area (Å²) >= 11 is 12.2. The minimum absolute atomic E-state index is 0. The molecule has 3 heterocycles. The first-order chi connectivity index (χ1) is 16.5. The number of anilines is 1. The fraction of sp³-hybridized carbons (Fsp3) is 0.333. The Morgan fingerprint density at radius 2 is 1.83 bits per heavy atom. The summed E-state index contributed by atoms with van der Waals surface area (Å²) in [6.45, 7) is 5.79. The molecule has 1 saturated heterocycles. The molecule has 2 aromatic carbocycles. The minimum Gasteiger partial charge on any atom is -0.490 e. The number of aliphatic hydroxyl groups excluding tert-OH is 1.